The molecule has 0 atom stereocenters. The van der Waals surface area contributed by atoms with Gasteiger partial charge in [0.2, 0.25) is 0 Å². The molecule has 0 fully saturated rings. The van der Waals surface area contributed by atoms with Crippen molar-refractivity contribution in [2.24, 2.45) is 0 Å². The number of hydrogen-bond acceptors (Lipinski definition) is 3. The molecule has 0 amide bonds. The van der Waals surface area contributed by atoms with E-state index in [1.807, 2.05) is 6.92 Å². The highest BCUT2D eigenvalue weighted by Crippen LogP contribution is 2.29. The monoisotopic (exact) mass is 290 g/mol. The fourth-order valence-corrected chi connectivity index (χ4v) is 1.87. The smallest absolute Gasteiger partial charge is 0.335 e. The van der Waals surface area contributed by atoms with Crippen molar-refractivity contribution in [1.82, 2.24) is 0 Å². The van der Waals surface area contributed by atoms with Crippen LogP contribution in [0, 0.1) is 12.7 Å². The third-order valence-corrected chi connectivity index (χ3v) is 3.10. The van der Waals surface area contributed by atoms with Gasteiger partial charge in [-0.15, -0.1) is 0 Å². The van der Waals surface area contributed by atoms with E-state index in [4.69, 9.17) is 14.6 Å². The van der Waals surface area contributed by atoms with E-state index in [0.29, 0.717) is 11.5 Å². The standard InChI is InChI=1S/C16H15FO4/c1-10-3-5-13(17)7-12(10)9-21-14-6-4-11(16(18)19)8-15(14)20-2/h3-8H,9H2,1-2H3,(H,18,19). The molecular weight excluding hydrogens is 275 g/mol. The zero-order chi connectivity index (χ0) is 15.4. The van der Waals surface area contributed by atoms with Crippen molar-refractivity contribution >= 4 is 5.97 Å². The predicted molar refractivity (Wildman–Crippen MR) is 75.4 cm³/mol. The summed E-state index contributed by atoms with van der Waals surface area (Å²) in [7, 11) is 1.43. The van der Waals surface area contributed by atoms with Crippen LogP contribution in [-0.2, 0) is 6.61 Å². The van der Waals surface area contributed by atoms with Gasteiger partial charge in [0, 0.05) is 0 Å². The summed E-state index contributed by atoms with van der Waals surface area (Å²) >= 11 is 0. The second-order valence-corrected chi connectivity index (χ2v) is 4.53. The minimum atomic E-state index is -1.04. The number of hydrogen-bond donors (Lipinski definition) is 1. The maximum absolute atomic E-state index is 13.2. The molecule has 2 rings (SSSR count). The highest BCUT2D eigenvalue weighted by Gasteiger charge is 2.11. The molecule has 0 aliphatic heterocycles. The molecule has 4 nitrogen and oxygen atoms in total. The maximum Gasteiger partial charge on any atom is 0.335 e. The van der Waals surface area contributed by atoms with Crippen LogP contribution in [0.5, 0.6) is 11.5 Å². The van der Waals surface area contributed by atoms with Gasteiger partial charge < -0.3 is 14.6 Å². The van der Waals surface area contributed by atoms with Crippen molar-refractivity contribution in [2.75, 3.05) is 7.11 Å². The number of halogens is 1. The van der Waals surface area contributed by atoms with Crippen LogP contribution in [0.2, 0.25) is 0 Å². The van der Waals surface area contributed by atoms with Gasteiger partial charge in [0.1, 0.15) is 12.4 Å². The molecule has 0 radical (unpaired) electrons. The Labute approximate surface area is 121 Å². The molecule has 21 heavy (non-hydrogen) atoms. The van der Waals surface area contributed by atoms with Crippen LogP contribution in [-0.4, -0.2) is 18.2 Å². The van der Waals surface area contributed by atoms with Crippen LogP contribution in [0.15, 0.2) is 36.4 Å². The highest BCUT2D eigenvalue weighted by atomic mass is 19.1. The van der Waals surface area contributed by atoms with Gasteiger partial charge in [-0.2, -0.15) is 0 Å². The van der Waals surface area contributed by atoms with Gasteiger partial charge in [0.15, 0.2) is 11.5 Å². The van der Waals surface area contributed by atoms with E-state index in [9.17, 15) is 9.18 Å². The third kappa shape index (κ3) is 3.51. The van der Waals surface area contributed by atoms with Crippen LogP contribution in [0.3, 0.4) is 0 Å². The van der Waals surface area contributed by atoms with E-state index in [1.165, 1.54) is 37.4 Å². The Kier molecular flexibility index (Phi) is 4.42. The average molecular weight is 290 g/mol. The molecule has 1 N–H and O–H groups in total. The van der Waals surface area contributed by atoms with E-state index in [1.54, 1.807) is 6.07 Å². The van der Waals surface area contributed by atoms with Gasteiger partial charge in [0.05, 0.1) is 12.7 Å². The first-order valence-corrected chi connectivity index (χ1v) is 6.30. The van der Waals surface area contributed by atoms with E-state index in [0.717, 1.165) is 11.1 Å². The minimum absolute atomic E-state index is 0.112. The van der Waals surface area contributed by atoms with Crippen molar-refractivity contribution in [2.45, 2.75) is 13.5 Å². The lowest BCUT2D eigenvalue weighted by atomic mass is 10.1. The number of ether oxygens (including phenoxy) is 2. The summed E-state index contributed by atoms with van der Waals surface area (Å²) in [6.45, 7) is 2.04. The van der Waals surface area contributed by atoms with E-state index in [-0.39, 0.29) is 18.0 Å². The Morgan fingerprint density at radius 1 is 1.19 bits per heavy atom. The summed E-state index contributed by atoms with van der Waals surface area (Å²) in [4.78, 5) is 10.9. The second kappa shape index (κ2) is 6.26. The average Bonchev–Trinajstić information content (AvgIpc) is 2.47. The Balaban J connectivity index is 2.19. The molecule has 0 saturated heterocycles. The molecule has 0 aliphatic carbocycles. The molecule has 2 aromatic carbocycles. The van der Waals surface area contributed by atoms with Crippen molar-refractivity contribution in [1.29, 1.82) is 0 Å². The quantitative estimate of drug-likeness (QED) is 0.916. The lowest BCUT2D eigenvalue weighted by molar-refractivity contribution is 0.0696. The largest absolute Gasteiger partial charge is 0.493 e. The van der Waals surface area contributed by atoms with Crippen molar-refractivity contribution in [3.63, 3.8) is 0 Å². The first kappa shape index (κ1) is 14.8. The molecule has 5 heteroatoms. The van der Waals surface area contributed by atoms with E-state index >= 15 is 0 Å². The van der Waals surface area contributed by atoms with Gasteiger partial charge in [-0.05, 0) is 48.4 Å². The number of aromatic carboxylic acids is 1. The van der Waals surface area contributed by atoms with Crippen LogP contribution >= 0.6 is 0 Å². The molecule has 0 unspecified atom stereocenters. The number of carbonyl (C=O) groups is 1. The number of carboxylic acid groups (broad SMARTS) is 1. The number of aryl methyl sites for hydroxylation is 1. The van der Waals surface area contributed by atoms with Gasteiger partial charge in [-0.1, -0.05) is 6.07 Å². The highest BCUT2D eigenvalue weighted by molar-refractivity contribution is 5.88. The molecule has 0 bridgehead atoms. The van der Waals surface area contributed by atoms with Gasteiger partial charge in [-0.3, -0.25) is 0 Å². The molecule has 110 valence electrons. The van der Waals surface area contributed by atoms with Crippen LogP contribution in [0.1, 0.15) is 21.5 Å². The number of carboxylic acids is 1. The Morgan fingerprint density at radius 2 is 1.95 bits per heavy atom. The molecule has 0 saturated carbocycles. The minimum Gasteiger partial charge on any atom is -0.493 e. The van der Waals surface area contributed by atoms with Gasteiger partial charge in [0.25, 0.3) is 0 Å². The predicted octanol–water partition coefficient (Wildman–Crippen LogP) is 3.42. The van der Waals surface area contributed by atoms with Crippen LogP contribution < -0.4 is 9.47 Å². The zero-order valence-electron chi connectivity index (χ0n) is 11.7. The fraction of sp³-hybridized carbons (Fsp3) is 0.188. The Morgan fingerprint density at radius 3 is 2.62 bits per heavy atom. The normalized spacial score (nSPS) is 10.2. The summed E-state index contributed by atoms with van der Waals surface area (Å²) in [5.41, 5.74) is 1.75. The molecule has 0 spiro atoms. The number of rotatable bonds is 5. The molecule has 0 aromatic heterocycles. The molecule has 0 aliphatic rings. The van der Waals surface area contributed by atoms with Crippen molar-refractivity contribution < 1.29 is 23.8 Å². The first-order chi connectivity index (χ1) is 10.0. The molecule has 2 aromatic rings. The fourth-order valence-electron chi connectivity index (χ4n) is 1.87. The van der Waals surface area contributed by atoms with E-state index in [2.05, 4.69) is 0 Å². The maximum atomic E-state index is 13.2. The molecular formula is C16H15FO4. The molecule has 0 heterocycles. The SMILES string of the molecule is COc1cc(C(=O)O)ccc1OCc1cc(F)ccc1C. The second-order valence-electron chi connectivity index (χ2n) is 4.53. The van der Waals surface area contributed by atoms with Crippen molar-refractivity contribution in [3.8, 4) is 11.5 Å². The summed E-state index contributed by atoms with van der Waals surface area (Å²) in [6, 6.07) is 8.82. The Bertz CT molecular complexity index is 667. The van der Waals surface area contributed by atoms with Crippen LogP contribution in [0.25, 0.3) is 0 Å². The van der Waals surface area contributed by atoms with Gasteiger partial charge in [-0.25, -0.2) is 9.18 Å². The zero-order valence-corrected chi connectivity index (χ0v) is 11.7. The summed E-state index contributed by atoms with van der Waals surface area (Å²) in [5, 5.41) is 8.93. The first-order valence-electron chi connectivity index (χ1n) is 6.30. The van der Waals surface area contributed by atoms with Crippen molar-refractivity contribution in [3.05, 3.63) is 58.9 Å². The number of benzene rings is 2. The topological polar surface area (TPSA) is 55.8 Å². The summed E-state index contributed by atoms with van der Waals surface area (Å²) < 4.78 is 23.9. The summed E-state index contributed by atoms with van der Waals surface area (Å²) in [5.74, 6) is -0.636. The van der Waals surface area contributed by atoms with E-state index < -0.39 is 5.97 Å². The van der Waals surface area contributed by atoms with Crippen LogP contribution in [0.4, 0.5) is 4.39 Å². The Hall–Kier alpha value is -2.56. The third-order valence-electron chi connectivity index (χ3n) is 3.10. The lowest BCUT2D eigenvalue weighted by Gasteiger charge is -2.12. The van der Waals surface area contributed by atoms with Gasteiger partial charge >= 0.3 is 5.97 Å². The number of methoxy groups -OCH3 is 1. The lowest BCUT2D eigenvalue weighted by Crippen LogP contribution is -2.02. The summed E-state index contributed by atoms with van der Waals surface area (Å²) in [6.07, 6.45) is 0.